The Hall–Kier alpha value is -2.56. The van der Waals surface area contributed by atoms with Crippen molar-refractivity contribution in [3.63, 3.8) is 0 Å². The van der Waals surface area contributed by atoms with Crippen molar-refractivity contribution in [3.05, 3.63) is 36.1 Å². The molecule has 0 saturated heterocycles. The van der Waals surface area contributed by atoms with E-state index in [9.17, 15) is 0 Å². The van der Waals surface area contributed by atoms with Crippen LogP contribution in [0.4, 0.5) is 11.6 Å². The third kappa shape index (κ3) is 1.66. The second-order valence-electron chi connectivity index (χ2n) is 4.18. The van der Waals surface area contributed by atoms with Gasteiger partial charge in [-0.05, 0) is 42.3 Å². The Morgan fingerprint density at radius 2 is 1.72 bits per heavy atom. The Morgan fingerprint density at radius 3 is 2.44 bits per heavy atom. The molecule has 0 saturated carbocycles. The molecule has 2 heterocycles. The van der Waals surface area contributed by atoms with E-state index in [4.69, 9.17) is 16.0 Å². The molecule has 4 N–H and O–H groups in total. The number of nitrogens with two attached hydrogens (primary N) is 2. The van der Waals surface area contributed by atoms with Crippen LogP contribution in [-0.4, -0.2) is 10.1 Å². The zero-order chi connectivity index (χ0) is 12.7. The van der Waals surface area contributed by atoms with Gasteiger partial charge in [0.2, 0.25) is 0 Å². The van der Waals surface area contributed by atoms with Crippen molar-refractivity contribution < 1.29 is 4.52 Å². The summed E-state index contributed by atoms with van der Waals surface area (Å²) in [5, 5.41) is 4.94. The highest BCUT2D eigenvalue weighted by Gasteiger charge is 2.07. The summed E-state index contributed by atoms with van der Waals surface area (Å²) >= 11 is 0. The fourth-order valence-corrected chi connectivity index (χ4v) is 1.98. The average molecular weight is 240 g/mol. The summed E-state index contributed by atoms with van der Waals surface area (Å²) in [6.45, 7) is 1.88. The minimum absolute atomic E-state index is 0.409. The van der Waals surface area contributed by atoms with E-state index in [0.29, 0.717) is 11.6 Å². The normalized spacial score (nSPS) is 10.9. The van der Waals surface area contributed by atoms with Gasteiger partial charge in [0.1, 0.15) is 22.9 Å². The highest BCUT2D eigenvalue weighted by atomic mass is 16.5. The van der Waals surface area contributed by atoms with Crippen LogP contribution in [0.3, 0.4) is 0 Å². The molecular formula is C13H12N4O. The molecule has 3 rings (SSSR count). The van der Waals surface area contributed by atoms with Gasteiger partial charge in [0.25, 0.3) is 0 Å². The molecule has 0 spiro atoms. The Balaban J connectivity index is 2.21. The molecule has 5 nitrogen and oxygen atoms in total. The molecule has 0 radical (unpaired) electrons. The third-order valence-electron chi connectivity index (χ3n) is 2.86. The van der Waals surface area contributed by atoms with Gasteiger partial charge in [-0.3, -0.25) is 0 Å². The molecule has 2 aromatic heterocycles. The number of anilines is 2. The molecule has 3 aromatic rings. The van der Waals surface area contributed by atoms with Crippen LogP contribution in [0, 0.1) is 6.92 Å². The van der Waals surface area contributed by atoms with Crippen molar-refractivity contribution >= 4 is 22.5 Å². The molecular weight excluding hydrogens is 228 g/mol. The number of benzene rings is 1. The number of aryl methyl sites for hydroxylation is 1. The Bertz CT molecular complexity index is 713. The van der Waals surface area contributed by atoms with E-state index >= 15 is 0 Å². The number of pyridine rings is 1. The molecule has 0 amide bonds. The van der Waals surface area contributed by atoms with Crippen LogP contribution in [-0.2, 0) is 0 Å². The summed E-state index contributed by atoms with van der Waals surface area (Å²) in [5.41, 5.74) is 14.2. The summed E-state index contributed by atoms with van der Waals surface area (Å²) < 4.78 is 5.14. The van der Waals surface area contributed by atoms with Crippen LogP contribution >= 0.6 is 0 Å². The molecule has 0 aliphatic rings. The lowest BCUT2D eigenvalue weighted by Crippen LogP contribution is -1.96. The molecule has 0 aliphatic carbocycles. The number of hydrogen-bond acceptors (Lipinski definition) is 5. The smallest absolute Gasteiger partial charge is 0.141 e. The van der Waals surface area contributed by atoms with Crippen LogP contribution in [0.25, 0.3) is 22.0 Å². The maximum absolute atomic E-state index is 5.70. The molecule has 0 unspecified atom stereocenters. The second kappa shape index (κ2) is 3.73. The fourth-order valence-electron chi connectivity index (χ4n) is 1.98. The van der Waals surface area contributed by atoms with Gasteiger partial charge in [0, 0.05) is 5.39 Å². The largest absolute Gasteiger partial charge is 0.384 e. The molecule has 0 aliphatic heterocycles. The van der Waals surface area contributed by atoms with E-state index < -0.39 is 0 Å². The van der Waals surface area contributed by atoms with Crippen molar-refractivity contribution in [2.45, 2.75) is 6.92 Å². The van der Waals surface area contributed by atoms with E-state index in [0.717, 1.165) is 27.8 Å². The summed E-state index contributed by atoms with van der Waals surface area (Å²) in [7, 11) is 0. The van der Waals surface area contributed by atoms with Crippen molar-refractivity contribution in [2.24, 2.45) is 0 Å². The molecule has 0 bridgehead atoms. The van der Waals surface area contributed by atoms with Crippen molar-refractivity contribution in [1.82, 2.24) is 10.1 Å². The summed E-state index contributed by atoms with van der Waals surface area (Å²) in [6, 6.07) is 9.46. The first-order chi connectivity index (χ1) is 8.63. The number of hydrogen-bond donors (Lipinski definition) is 2. The van der Waals surface area contributed by atoms with Crippen LogP contribution in [0.1, 0.15) is 5.76 Å². The first-order valence-electron chi connectivity index (χ1n) is 5.53. The van der Waals surface area contributed by atoms with E-state index in [-0.39, 0.29) is 0 Å². The number of fused-ring (bicyclic) bond motifs is 1. The van der Waals surface area contributed by atoms with Gasteiger partial charge in [0.15, 0.2) is 0 Å². The number of rotatable bonds is 1. The second-order valence-corrected chi connectivity index (χ2v) is 4.18. The van der Waals surface area contributed by atoms with Crippen LogP contribution in [0.15, 0.2) is 34.9 Å². The van der Waals surface area contributed by atoms with Gasteiger partial charge in [-0.25, -0.2) is 4.98 Å². The molecule has 1 aromatic carbocycles. The van der Waals surface area contributed by atoms with Crippen LogP contribution in [0.2, 0.25) is 0 Å². The highest BCUT2D eigenvalue weighted by molar-refractivity contribution is 5.86. The lowest BCUT2D eigenvalue weighted by molar-refractivity contribution is 0.405. The van der Waals surface area contributed by atoms with Crippen molar-refractivity contribution in [1.29, 1.82) is 0 Å². The zero-order valence-electron chi connectivity index (χ0n) is 9.84. The predicted molar refractivity (Wildman–Crippen MR) is 70.8 cm³/mol. The number of nitrogens with zero attached hydrogens (tertiary/aromatic N) is 2. The minimum Gasteiger partial charge on any atom is -0.384 e. The van der Waals surface area contributed by atoms with Gasteiger partial charge in [-0.1, -0.05) is 11.2 Å². The highest BCUT2D eigenvalue weighted by Crippen LogP contribution is 2.27. The quantitative estimate of drug-likeness (QED) is 0.681. The topological polar surface area (TPSA) is 91.0 Å². The summed E-state index contributed by atoms with van der Waals surface area (Å²) in [6.07, 6.45) is 0. The molecule has 0 fully saturated rings. The minimum atomic E-state index is 0.409. The molecule has 18 heavy (non-hydrogen) atoms. The van der Waals surface area contributed by atoms with Crippen molar-refractivity contribution in [2.75, 3.05) is 11.5 Å². The Morgan fingerprint density at radius 1 is 1.00 bits per heavy atom. The SMILES string of the molecule is Cc1onc2ccc(-c3cc(N)nc(N)c3)cc12. The van der Waals surface area contributed by atoms with Gasteiger partial charge in [0.05, 0.1) is 0 Å². The number of nitrogen functional groups attached to an aromatic ring is 2. The summed E-state index contributed by atoms with van der Waals surface area (Å²) in [5.74, 6) is 1.61. The monoisotopic (exact) mass is 240 g/mol. The van der Waals surface area contributed by atoms with E-state index in [1.165, 1.54) is 0 Å². The first kappa shape index (κ1) is 10.6. The fraction of sp³-hybridized carbons (Fsp3) is 0.0769. The molecule has 90 valence electrons. The van der Waals surface area contributed by atoms with Crippen LogP contribution in [0.5, 0.6) is 0 Å². The van der Waals surface area contributed by atoms with Gasteiger partial charge < -0.3 is 16.0 Å². The zero-order valence-corrected chi connectivity index (χ0v) is 9.84. The average Bonchev–Trinajstić information content (AvgIpc) is 2.69. The van der Waals surface area contributed by atoms with Crippen LogP contribution < -0.4 is 11.5 Å². The van der Waals surface area contributed by atoms with E-state index in [1.54, 1.807) is 12.1 Å². The lowest BCUT2D eigenvalue weighted by atomic mass is 10.0. The van der Waals surface area contributed by atoms with E-state index in [1.807, 2.05) is 25.1 Å². The Labute approximate surface area is 103 Å². The van der Waals surface area contributed by atoms with E-state index in [2.05, 4.69) is 10.1 Å². The molecule has 5 heteroatoms. The molecule has 0 atom stereocenters. The number of aromatic nitrogens is 2. The van der Waals surface area contributed by atoms with Crippen molar-refractivity contribution in [3.8, 4) is 11.1 Å². The van der Waals surface area contributed by atoms with Gasteiger partial charge >= 0.3 is 0 Å². The lowest BCUT2D eigenvalue weighted by Gasteiger charge is -2.04. The maximum atomic E-state index is 5.70. The Kier molecular flexibility index (Phi) is 2.19. The first-order valence-corrected chi connectivity index (χ1v) is 5.53. The third-order valence-corrected chi connectivity index (χ3v) is 2.86. The maximum Gasteiger partial charge on any atom is 0.141 e. The predicted octanol–water partition coefficient (Wildman–Crippen LogP) is 2.36. The van der Waals surface area contributed by atoms with Gasteiger partial charge in [-0.15, -0.1) is 0 Å². The standard InChI is InChI=1S/C13H12N4O/c1-7-10-4-8(2-3-11(10)17-18-7)9-5-12(14)16-13(15)6-9/h2-6H,1H3,(H4,14,15,16). The van der Waals surface area contributed by atoms with Gasteiger partial charge in [-0.2, -0.15) is 0 Å². The summed E-state index contributed by atoms with van der Waals surface area (Å²) in [4.78, 5) is 3.95.